The topological polar surface area (TPSA) is 77.9 Å². The van der Waals surface area contributed by atoms with Crippen molar-refractivity contribution in [1.29, 1.82) is 0 Å². The molecule has 0 saturated carbocycles. The van der Waals surface area contributed by atoms with Gasteiger partial charge in [0.05, 0.1) is 18.9 Å². The van der Waals surface area contributed by atoms with Crippen LogP contribution in [0.4, 0.5) is 0 Å². The van der Waals surface area contributed by atoms with E-state index in [0.29, 0.717) is 17.1 Å². The van der Waals surface area contributed by atoms with Crippen molar-refractivity contribution in [3.63, 3.8) is 0 Å². The van der Waals surface area contributed by atoms with Crippen LogP contribution >= 0.6 is 0 Å². The van der Waals surface area contributed by atoms with E-state index in [1.807, 2.05) is 0 Å². The number of carbonyl (C=O) groups is 1. The summed E-state index contributed by atoms with van der Waals surface area (Å²) in [5.74, 6) is -0.145. The minimum Gasteiger partial charge on any atom is -0.465 e. The van der Waals surface area contributed by atoms with Gasteiger partial charge in [0.1, 0.15) is 5.69 Å². The zero-order chi connectivity index (χ0) is 11.4. The zero-order valence-electron chi connectivity index (χ0n) is 8.49. The van der Waals surface area contributed by atoms with E-state index < -0.39 is 5.97 Å². The average Bonchev–Trinajstić information content (AvgIpc) is 2.39. The fourth-order valence-electron chi connectivity index (χ4n) is 1.19. The number of esters is 1. The molecule has 2 rings (SSSR count). The van der Waals surface area contributed by atoms with Gasteiger partial charge in [-0.2, -0.15) is 5.10 Å². The number of rotatable bonds is 2. The molecule has 0 aliphatic rings. The Morgan fingerprint density at radius 2 is 2.00 bits per heavy atom. The van der Waals surface area contributed by atoms with Gasteiger partial charge in [-0.25, -0.2) is 14.8 Å². The maximum absolute atomic E-state index is 11.5. The molecule has 80 valence electrons. The molecule has 0 N–H and O–H groups in total. The third-order valence-electron chi connectivity index (χ3n) is 1.90. The SMILES string of the molecule is COC(=O)c1ccnnc1-c1ncccn1. The number of nitrogens with zero attached hydrogens (tertiary/aromatic N) is 4. The standard InChI is InChI=1S/C10H8N4O2/c1-16-10(15)7-3-6-13-14-8(7)9-11-4-2-5-12-9/h2-6H,1H3. The van der Waals surface area contributed by atoms with Crippen molar-refractivity contribution < 1.29 is 9.53 Å². The van der Waals surface area contributed by atoms with Gasteiger partial charge in [0.25, 0.3) is 0 Å². The molecule has 2 heterocycles. The Kier molecular flexibility index (Phi) is 2.81. The molecule has 0 saturated heterocycles. The molecule has 6 heteroatoms. The first-order valence-electron chi connectivity index (χ1n) is 4.50. The van der Waals surface area contributed by atoms with E-state index in [1.54, 1.807) is 18.5 Å². The minimum atomic E-state index is -0.489. The van der Waals surface area contributed by atoms with Gasteiger partial charge in [-0.1, -0.05) is 0 Å². The second kappa shape index (κ2) is 4.43. The smallest absolute Gasteiger partial charge is 0.340 e. The first-order valence-corrected chi connectivity index (χ1v) is 4.50. The van der Waals surface area contributed by atoms with Gasteiger partial charge < -0.3 is 4.74 Å². The molecule has 0 fully saturated rings. The van der Waals surface area contributed by atoms with Crippen LogP contribution in [-0.2, 0) is 4.74 Å². The molecule has 16 heavy (non-hydrogen) atoms. The third kappa shape index (κ3) is 1.85. The minimum absolute atomic E-state index is 0.295. The maximum atomic E-state index is 11.5. The number of methoxy groups -OCH3 is 1. The van der Waals surface area contributed by atoms with Crippen molar-refractivity contribution in [3.8, 4) is 11.5 Å². The molecule has 0 radical (unpaired) electrons. The summed E-state index contributed by atoms with van der Waals surface area (Å²) < 4.78 is 4.64. The summed E-state index contributed by atoms with van der Waals surface area (Å²) in [7, 11) is 1.30. The van der Waals surface area contributed by atoms with Crippen LogP contribution in [0.25, 0.3) is 11.5 Å². The number of hydrogen-bond donors (Lipinski definition) is 0. The highest BCUT2D eigenvalue weighted by Gasteiger charge is 2.16. The van der Waals surface area contributed by atoms with Gasteiger partial charge in [0.2, 0.25) is 0 Å². The first kappa shape index (κ1) is 10.2. The van der Waals surface area contributed by atoms with Crippen LogP contribution < -0.4 is 0 Å². The van der Waals surface area contributed by atoms with Crippen LogP contribution in [0.5, 0.6) is 0 Å². The number of carbonyl (C=O) groups excluding carboxylic acids is 1. The van der Waals surface area contributed by atoms with Crippen molar-refractivity contribution >= 4 is 5.97 Å². The highest BCUT2D eigenvalue weighted by molar-refractivity contribution is 5.94. The lowest BCUT2D eigenvalue weighted by Crippen LogP contribution is -2.07. The van der Waals surface area contributed by atoms with Crippen LogP contribution in [-0.4, -0.2) is 33.2 Å². The summed E-state index contributed by atoms with van der Waals surface area (Å²) in [5.41, 5.74) is 0.610. The second-order valence-electron chi connectivity index (χ2n) is 2.86. The molecule has 2 aromatic heterocycles. The quantitative estimate of drug-likeness (QED) is 0.688. The highest BCUT2D eigenvalue weighted by atomic mass is 16.5. The molecule has 0 aromatic carbocycles. The average molecular weight is 216 g/mol. The van der Waals surface area contributed by atoms with Crippen molar-refractivity contribution in [2.45, 2.75) is 0 Å². The number of hydrogen-bond acceptors (Lipinski definition) is 6. The fraction of sp³-hybridized carbons (Fsp3) is 0.100. The molecule has 0 atom stereocenters. The molecule has 2 aromatic rings. The van der Waals surface area contributed by atoms with Gasteiger partial charge in [-0.15, -0.1) is 5.10 Å². The zero-order valence-corrected chi connectivity index (χ0v) is 8.49. The molecular weight excluding hydrogens is 208 g/mol. The van der Waals surface area contributed by atoms with E-state index in [2.05, 4.69) is 24.9 Å². The van der Waals surface area contributed by atoms with E-state index in [0.717, 1.165) is 0 Å². The van der Waals surface area contributed by atoms with Crippen molar-refractivity contribution in [2.75, 3.05) is 7.11 Å². The van der Waals surface area contributed by atoms with Gasteiger partial charge >= 0.3 is 5.97 Å². The Morgan fingerprint density at radius 1 is 1.25 bits per heavy atom. The molecule has 0 amide bonds. The van der Waals surface area contributed by atoms with Crippen molar-refractivity contribution in [3.05, 3.63) is 36.3 Å². The molecule has 0 spiro atoms. The Labute approximate surface area is 91.3 Å². The van der Waals surface area contributed by atoms with Gasteiger partial charge in [-0.3, -0.25) is 0 Å². The molecule has 0 aliphatic heterocycles. The molecule has 0 aliphatic carbocycles. The molecule has 6 nitrogen and oxygen atoms in total. The van der Waals surface area contributed by atoms with Crippen LogP contribution in [0.3, 0.4) is 0 Å². The number of aromatic nitrogens is 4. The Hall–Kier alpha value is -2.37. The monoisotopic (exact) mass is 216 g/mol. The Bertz CT molecular complexity index is 501. The third-order valence-corrected chi connectivity index (χ3v) is 1.90. The Morgan fingerprint density at radius 3 is 2.69 bits per heavy atom. The summed E-state index contributed by atoms with van der Waals surface area (Å²) in [6.07, 6.45) is 4.55. The lowest BCUT2D eigenvalue weighted by atomic mass is 10.2. The molecule has 0 unspecified atom stereocenters. The summed E-state index contributed by atoms with van der Waals surface area (Å²) >= 11 is 0. The number of ether oxygens (including phenoxy) is 1. The fourth-order valence-corrected chi connectivity index (χ4v) is 1.19. The summed E-state index contributed by atoms with van der Waals surface area (Å²) in [6, 6.07) is 3.20. The predicted molar refractivity (Wildman–Crippen MR) is 54.4 cm³/mol. The maximum Gasteiger partial charge on any atom is 0.340 e. The van der Waals surface area contributed by atoms with E-state index in [9.17, 15) is 4.79 Å². The van der Waals surface area contributed by atoms with Crippen LogP contribution in [0.15, 0.2) is 30.7 Å². The van der Waals surface area contributed by atoms with Crippen LogP contribution in [0, 0.1) is 0 Å². The predicted octanol–water partition coefficient (Wildman–Crippen LogP) is 0.720. The van der Waals surface area contributed by atoms with Crippen molar-refractivity contribution in [1.82, 2.24) is 20.2 Å². The lowest BCUT2D eigenvalue weighted by molar-refractivity contribution is 0.0601. The summed E-state index contributed by atoms with van der Waals surface area (Å²) in [5, 5.41) is 7.54. The van der Waals surface area contributed by atoms with Gasteiger partial charge in [-0.05, 0) is 12.1 Å². The first-order chi connectivity index (χ1) is 7.83. The second-order valence-corrected chi connectivity index (χ2v) is 2.86. The van der Waals surface area contributed by atoms with E-state index in [4.69, 9.17) is 0 Å². The largest absolute Gasteiger partial charge is 0.465 e. The van der Waals surface area contributed by atoms with Crippen LogP contribution in [0.1, 0.15) is 10.4 Å². The molecular formula is C10H8N4O2. The van der Waals surface area contributed by atoms with Gasteiger partial charge in [0, 0.05) is 12.4 Å². The highest BCUT2D eigenvalue weighted by Crippen LogP contribution is 2.15. The van der Waals surface area contributed by atoms with Gasteiger partial charge in [0.15, 0.2) is 5.82 Å². The normalized spacial score (nSPS) is 9.81. The lowest BCUT2D eigenvalue weighted by Gasteiger charge is -2.03. The van der Waals surface area contributed by atoms with E-state index >= 15 is 0 Å². The van der Waals surface area contributed by atoms with E-state index in [-0.39, 0.29) is 0 Å². The van der Waals surface area contributed by atoms with Crippen molar-refractivity contribution in [2.24, 2.45) is 0 Å². The van der Waals surface area contributed by atoms with Crippen LogP contribution in [0.2, 0.25) is 0 Å². The Balaban J connectivity index is 2.53. The summed E-state index contributed by atoms with van der Waals surface area (Å²) in [4.78, 5) is 19.5. The van der Waals surface area contributed by atoms with E-state index in [1.165, 1.54) is 19.4 Å². The molecule has 0 bridgehead atoms. The summed E-state index contributed by atoms with van der Waals surface area (Å²) in [6.45, 7) is 0.